The summed E-state index contributed by atoms with van der Waals surface area (Å²) in [5, 5.41) is 13.5. The first-order valence-corrected chi connectivity index (χ1v) is 7.52. The zero-order chi connectivity index (χ0) is 18.1. The summed E-state index contributed by atoms with van der Waals surface area (Å²) in [7, 11) is 0. The van der Waals surface area contributed by atoms with Gasteiger partial charge in [0, 0.05) is 16.7 Å². The third-order valence-electron chi connectivity index (χ3n) is 3.92. The van der Waals surface area contributed by atoms with Crippen molar-refractivity contribution >= 4 is 29.3 Å². The van der Waals surface area contributed by atoms with Gasteiger partial charge in [0.2, 0.25) is 0 Å². The number of benzene rings is 2. The predicted molar refractivity (Wildman–Crippen MR) is 89.0 cm³/mol. The van der Waals surface area contributed by atoms with Crippen LogP contribution in [0.15, 0.2) is 42.5 Å². The molecule has 0 spiro atoms. The van der Waals surface area contributed by atoms with E-state index in [1.807, 2.05) is 0 Å². The van der Waals surface area contributed by atoms with Crippen molar-refractivity contribution in [3.05, 3.63) is 64.7 Å². The molecule has 7 heteroatoms. The van der Waals surface area contributed by atoms with Gasteiger partial charge in [-0.05, 0) is 13.0 Å². The highest BCUT2D eigenvalue weighted by Crippen LogP contribution is 2.31. The molecular formula is C18H14N2O5. The van der Waals surface area contributed by atoms with Crippen LogP contribution in [0.5, 0.6) is 0 Å². The number of carbonyl (C=O) groups excluding carboxylic acids is 3. The molecule has 0 bridgehead atoms. The number of hydrogen-bond donors (Lipinski definition) is 3. The monoisotopic (exact) mass is 338 g/mol. The van der Waals surface area contributed by atoms with Crippen LogP contribution >= 0.6 is 0 Å². The van der Waals surface area contributed by atoms with E-state index in [0.717, 1.165) is 0 Å². The van der Waals surface area contributed by atoms with Gasteiger partial charge in [-0.25, -0.2) is 4.79 Å². The topological polar surface area (TPSA) is 113 Å². The highest BCUT2D eigenvalue weighted by molar-refractivity contribution is 6.30. The Morgan fingerprint density at radius 1 is 0.920 bits per heavy atom. The molecule has 0 radical (unpaired) electrons. The summed E-state index contributed by atoms with van der Waals surface area (Å²) in [6, 6.07) is 9.16. The van der Waals surface area contributed by atoms with Crippen LogP contribution in [-0.4, -0.2) is 34.7 Å². The van der Waals surface area contributed by atoms with Crippen molar-refractivity contribution in [3.63, 3.8) is 0 Å². The maximum Gasteiger partial charge on any atom is 0.325 e. The van der Waals surface area contributed by atoms with Crippen LogP contribution in [0.25, 0.3) is 0 Å². The van der Waals surface area contributed by atoms with Gasteiger partial charge in [-0.1, -0.05) is 36.4 Å². The van der Waals surface area contributed by atoms with Gasteiger partial charge in [-0.2, -0.15) is 0 Å². The molecule has 0 saturated heterocycles. The number of rotatable bonds is 3. The summed E-state index contributed by atoms with van der Waals surface area (Å²) in [5.74, 6) is -1.86. The number of urea groups is 1. The van der Waals surface area contributed by atoms with Gasteiger partial charge < -0.3 is 15.7 Å². The standard InChI is InChI=1S/C18H14N2O5/c1-9(17(23)24)19-18(25)20-13-8-4-7-12-14(13)16(22)11-6-3-2-5-10(11)15(12)21/h2-9H,1H3,(H,23,24)(H2,19,20,25). The Morgan fingerprint density at radius 2 is 1.52 bits per heavy atom. The largest absolute Gasteiger partial charge is 0.480 e. The Hall–Kier alpha value is -3.48. The van der Waals surface area contributed by atoms with E-state index in [1.165, 1.54) is 19.1 Å². The molecule has 3 N–H and O–H groups in total. The maximum atomic E-state index is 12.8. The molecule has 7 nitrogen and oxygen atoms in total. The van der Waals surface area contributed by atoms with Crippen molar-refractivity contribution < 1.29 is 24.3 Å². The minimum Gasteiger partial charge on any atom is -0.480 e. The number of carbonyl (C=O) groups is 4. The second kappa shape index (κ2) is 6.20. The van der Waals surface area contributed by atoms with Crippen molar-refractivity contribution in [3.8, 4) is 0 Å². The van der Waals surface area contributed by atoms with Gasteiger partial charge in [0.05, 0.1) is 11.3 Å². The lowest BCUT2D eigenvalue weighted by molar-refractivity contribution is -0.138. The first kappa shape index (κ1) is 16.4. The number of anilines is 1. The Labute approximate surface area is 142 Å². The zero-order valence-electron chi connectivity index (χ0n) is 13.2. The Kier molecular flexibility index (Phi) is 4.06. The van der Waals surface area contributed by atoms with Crippen molar-refractivity contribution in [1.82, 2.24) is 5.32 Å². The molecule has 25 heavy (non-hydrogen) atoms. The molecule has 0 saturated carbocycles. The van der Waals surface area contributed by atoms with E-state index in [4.69, 9.17) is 5.11 Å². The van der Waals surface area contributed by atoms with Crippen molar-refractivity contribution in [2.45, 2.75) is 13.0 Å². The van der Waals surface area contributed by atoms with Gasteiger partial charge in [0.1, 0.15) is 6.04 Å². The second-order valence-electron chi connectivity index (χ2n) is 5.59. The average molecular weight is 338 g/mol. The molecule has 1 aliphatic carbocycles. The Balaban J connectivity index is 1.97. The fourth-order valence-corrected chi connectivity index (χ4v) is 2.67. The molecule has 0 heterocycles. The number of hydrogen-bond acceptors (Lipinski definition) is 4. The van der Waals surface area contributed by atoms with E-state index in [1.54, 1.807) is 30.3 Å². The summed E-state index contributed by atoms with van der Waals surface area (Å²) in [6.07, 6.45) is 0. The normalized spacial score (nSPS) is 13.5. The Morgan fingerprint density at radius 3 is 2.16 bits per heavy atom. The van der Waals surface area contributed by atoms with E-state index >= 15 is 0 Å². The van der Waals surface area contributed by atoms with Crippen LogP contribution in [0.4, 0.5) is 10.5 Å². The molecule has 3 rings (SSSR count). The van der Waals surface area contributed by atoms with Crippen molar-refractivity contribution in [2.75, 3.05) is 5.32 Å². The lowest BCUT2D eigenvalue weighted by Gasteiger charge is -2.20. The third kappa shape index (κ3) is 2.87. The molecule has 0 aliphatic heterocycles. The highest BCUT2D eigenvalue weighted by atomic mass is 16.4. The average Bonchev–Trinajstić information content (AvgIpc) is 2.59. The van der Waals surface area contributed by atoms with Gasteiger partial charge in [-0.15, -0.1) is 0 Å². The summed E-state index contributed by atoms with van der Waals surface area (Å²) in [5.41, 5.74) is 1.05. The Bertz CT molecular complexity index is 919. The minimum atomic E-state index is -1.19. The molecule has 0 fully saturated rings. The van der Waals surface area contributed by atoms with E-state index in [-0.39, 0.29) is 33.9 Å². The number of carboxylic acid groups (broad SMARTS) is 1. The number of carboxylic acids is 1. The molecule has 1 unspecified atom stereocenters. The molecule has 1 atom stereocenters. The van der Waals surface area contributed by atoms with Crippen LogP contribution in [0.2, 0.25) is 0 Å². The fourth-order valence-electron chi connectivity index (χ4n) is 2.67. The maximum absolute atomic E-state index is 12.8. The quantitative estimate of drug-likeness (QED) is 0.676. The molecule has 2 aromatic carbocycles. The molecule has 126 valence electrons. The lowest BCUT2D eigenvalue weighted by Crippen LogP contribution is -2.41. The molecule has 1 aliphatic rings. The van der Waals surface area contributed by atoms with Gasteiger partial charge in [-0.3, -0.25) is 14.4 Å². The zero-order valence-corrected chi connectivity index (χ0v) is 13.2. The summed E-state index contributed by atoms with van der Waals surface area (Å²) in [6.45, 7) is 1.31. The SMILES string of the molecule is CC(NC(=O)Nc1cccc2c1C(=O)c1ccccc1C2=O)C(=O)O. The number of nitrogens with one attached hydrogen (secondary N) is 2. The first-order chi connectivity index (χ1) is 11.9. The molecule has 2 amide bonds. The fraction of sp³-hybridized carbons (Fsp3) is 0.111. The number of ketones is 2. The van der Waals surface area contributed by atoms with Crippen molar-refractivity contribution in [1.29, 1.82) is 0 Å². The molecule has 2 aromatic rings. The van der Waals surface area contributed by atoms with Gasteiger partial charge in [0.25, 0.3) is 0 Å². The van der Waals surface area contributed by atoms with E-state index in [2.05, 4.69) is 10.6 Å². The number of fused-ring (bicyclic) bond motifs is 2. The van der Waals surface area contributed by atoms with E-state index in [0.29, 0.717) is 5.56 Å². The summed E-state index contributed by atoms with van der Waals surface area (Å²) in [4.78, 5) is 48.1. The van der Waals surface area contributed by atoms with Crippen molar-refractivity contribution in [2.24, 2.45) is 0 Å². The lowest BCUT2D eigenvalue weighted by atomic mass is 9.83. The minimum absolute atomic E-state index is 0.101. The van der Waals surface area contributed by atoms with Gasteiger partial charge in [0.15, 0.2) is 11.6 Å². The van der Waals surface area contributed by atoms with Crippen LogP contribution in [0.1, 0.15) is 38.8 Å². The van der Waals surface area contributed by atoms with E-state index < -0.39 is 18.0 Å². The smallest absolute Gasteiger partial charge is 0.325 e. The number of aliphatic carboxylic acids is 1. The molecule has 0 aromatic heterocycles. The van der Waals surface area contributed by atoms with Gasteiger partial charge >= 0.3 is 12.0 Å². The second-order valence-corrected chi connectivity index (χ2v) is 5.59. The first-order valence-electron chi connectivity index (χ1n) is 7.52. The predicted octanol–water partition coefficient (Wildman–Crippen LogP) is 2.06. The molecular weight excluding hydrogens is 324 g/mol. The number of amides is 2. The third-order valence-corrected chi connectivity index (χ3v) is 3.92. The van der Waals surface area contributed by atoms with Crippen LogP contribution in [-0.2, 0) is 4.79 Å². The van der Waals surface area contributed by atoms with Crippen LogP contribution in [0, 0.1) is 0 Å². The van der Waals surface area contributed by atoms with E-state index in [9.17, 15) is 19.2 Å². The highest BCUT2D eigenvalue weighted by Gasteiger charge is 2.31. The summed E-state index contributed by atoms with van der Waals surface area (Å²) >= 11 is 0. The van der Waals surface area contributed by atoms with Crippen LogP contribution in [0.3, 0.4) is 0 Å². The van der Waals surface area contributed by atoms with Crippen LogP contribution < -0.4 is 10.6 Å². The summed E-state index contributed by atoms with van der Waals surface area (Å²) < 4.78 is 0.